The number of hydrogen-bond acceptors (Lipinski definition) is 15. The number of unbranched alkanes of at least 4 members (excludes halogenated alkanes) is 1. The quantitative estimate of drug-likeness (QED) is 0.0309. The number of carboxylic acids is 1. The van der Waals surface area contributed by atoms with Gasteiger partial charge < -0.3 is 47.6 Å². The van der Waals surface area contributed by atoms with E-state index >= 15 is 0 Å². The molecule has 2 aromatic carbocycles. The van der Waals surface area contributed by atoms with Crippen molar-refractivity contribution < 1.29 is 51.6 Å². The van der Waals surface area contributed by atoms with Crippen LogP contribution in [0, 0.1) is 0 Å². The molecule has 23 nitrogen and oxygen atoms in total. The number of aliphatic carboxylic acids is 1. The van der Waals surface area contributed by atoms with Crippen LogP contribution in [0.15, 0.2) is 87.9 Å². The zero-order chi connectivity index (χ0) is 47.5. The second-order valence-electron chi connectivity index (χ2n) is 15.1. The highest BCUT2D eigenvalue weighted by Crippen LogP contribution is 2.14. The molecule has 2 aliphatic heterocycles. The molecule has 11 N–H and O–H groups in total. The lowest BCUT2D eigenvalue weighted by atomic mass is 10.0. The second-order valence-corrected chi connectivity index (χ2v) is 16.5. The van der Waals surface area contributed by atoms with Crippen molar-refractivity contribution in [1.29, 1.82) is 0 Å². The molecular weight excluding hydrogens is 881 g/mol. The molecule has 4 atom stereocenters. The Morgan fingerprint density at radius 2 is 1.45 bits per heavy atom. The summed E-state index contributed by atoms with van der Waals surface area (Å²) < 4.78 is 32.7. The van der Waals surface area contributed by atoms with Crippen molar-refractivity contribution in [2.75, 3.05) is 38.1 Å². The third kappa shape index (κ3) is 16.0. The van der Waals surface area contributed by atoms with Crippen LogP contribution in [-0.4, -0.2) is 134 Å². The number of hydrogen-bond donors (Lipinski definition) is 11. The first-order valence-corrected chi connectivity index (χ1v) is 22.5. The van der Waals surface area contributed by atoms with E-state index in [-0.39, 0.29) is 54.1 Å². The summed E-state index contributed by atoms with van der Waals surface area (Å²) in [5.74, 6) is -5.13. The number of rotatable bonds is 18. The molecule has 3 aromatic rings. The second kappa shape index (κ2) is 24.6. The minimum atomic E-state index is -4.48. The molecule has 2 aliphatic rings. The number of carbonyl (C=O) groups is 7. The number of benzene rings is 2. The fraction of sp³-hybridized carbons (Fsp3) is 0.381. The van der Waals surface area contributed by atoms with Gasteiger partial charge in [0.1, 0.15) is 34.9 Å². The highest BCUT2D eigenvalue weighted by molar-refractivity contribution is 7.86. The van der Waals surface area contributed by atoms with Gasteiger partial charge in [-0.2, -0.15) is 13.5 Å². The van der Waals surface area contributed by atoms with Gasteiger partial charge in [-0.05, 0) is 55.9 Å². The van der Waals surface area contributed by atoms with Gasteiger partial charge in [0, 0.05) is 37.8 Å². The number of nitrogens with zero attached hydrogens (tertiary/aromatic N) is 3. The van der Waals surface area contributed by atoms with Gasteiger partial charge in [-0.3, -0.25) is 48.5 Å². The van der Waals surface area contributed by atoms with Crippen molar-refractivity contribution in [3.05, 3.63) is 89.6 Å². The lowest BCUT2D eigenvalue weighted by Gasteiger charge is -2.26. The molecule has 3 heterocycles. The fourth-order valence-corrected chi connectivity index (χ4v) is 7.39. The van der Waals surface area contributed by atoms with Crippen LogP contribution in [0.25, 0.3) is 0 Å². The topological polar surface area (TPSA) is 340 Å². The molecule has 0 radical (unpaired) electrons. The molecule has 352 valence electrons. The van der Waals surface area contributed by atoms with Crippen LogP contribution >= 0.6 is 0 Å². The average Bonchev–Trinajstić information content (AvgIpc) is 3.82. The predicted octanol–water partition coefficient (Wildman–Crippen LogP) is -1.21. The molecule has 0 aliphatic carbocycles. The Kier molecular flexibility index (Phi) is 18.4. The molecule has 0 unspecified atom stereocenters. The maximum absolute atomic E-state index is 14.0. The van der Waals surface area contributed by atoms with Crippen LogP contribution in [0.1, 0.15) is 60.0 Å². The number of aromatic nitrogens is 1. The average molecular weight is 933 g/mol. The van der Waals surface area contributed by atoms with Crippen molar-refractivity contribution in [2.24, 2.45) is 10.1 Å². The Labute approximate surface area is 379 Å². The Morgan fingerprint density at radius 3 is 2.15 bits per heavy atom. The van der Waals surface area contributed by atoms with Gasteiger partial charge in [0.15, 0.2) is 5.96 Å². The molecule has 1 fully saturated rings. The van der Waals surface area contributed by atoms with E-state index in [4.69, 9.17) is 0 Å². The number of nitrogens with one attached hydrogen (secondary N) is 9. The van der Waals surface area contributed by atoms with Crippen molar-refractivity contribution >= 4 is 69.5 Å². The molecule has 0 bridgehead atoms. The first-order valence-electron chi connectivity index (χ1n) is 21.0. The van der Waals surface area contributed by atoms with E-state index < -0.39 is 88.7 Å². The summed E-state index contributed by atoms with van der Waals surface area (Å²) in [6.45, 7) is 1.17. The van der Waals surface area contributed by atoms with Crippen LogP contribution in [-0.2, 0) is 45.3 Å². The van der Waals surface area contributed by atoms with Gasteiger partial charge in [-0.15, -0.1) is 0 Å². The zero-order valence-electron chi connectivity index (χ0n) is 35.6. The van der Waals surface area contributed by atoms with E-state index in [0.29, 0.717) is 44.0 Å². The summed E-state index contributed by atoms with van der Waals surface area (Å²) in [6.07, 6.45) is 2.71. The number of guanidine groups is 1. The number of amides is 6. The smallest absolute Gasteiger partial charge is 0.305 e. The lowest BCUT2D eigenvalue weighted by Crippen LogP contribution is -2.58. The molecule has 0 spiro atoms. The van der Waals surface area contributed by atoms with Gasteiger partial charge >= 0.3 is 5.97 Å². The maximum Gasteiger partial charge on any atom is 0.305 e. The van der Waals surface area contributed by atoms with Crippen molar-refractivity contribution in [3.8, 4) is 0 Å². The number of pyridine rings is 1. The molecule has 66 heavy (non-hydrogen) atoms. The van der Waals surface area contributed by atoms with Crippen LogP contribution in [0.5, 0.6) is 0 Å². The Bertz CT molecular complexity index is 2380. The largest absolute Gasteiger partial charge is 0.481 e. The predicted molar refractivity (Wildman–Crippen MR) is 239 cm³/mol. The minimum absolute atomic E-state index is 0.0274. The maximum atomic E-state index is 14.0. The highest BCUT2D eigenvalue weighted by Gasteiger charge is 2.33. The Balaban J connectivity index is 1.25. The minimum Gasteiger partial charge on any atom is -0.481 e. The van der Waals surface area contributed by atoms with E-state index in [1.807, 2.05) is 0 Å². The molecular formula is C42H52N12O11S. The van der Waals surface area contributed by atoms with Crippen molar-refractivity contribution in [3.63, 3.8) is 0 Å². The fourth-order valence-electron chi connectivity index (χ4n) is 6.72. The molecule has 5 rings (SSSR count). The summed E-state index contributed by atoms with van der Waals surface area (Å²) in [5, 5.41) is 35.2. The monoisotopic (exact) mass is 932 g/mol. The number of carboxylic acid groups (broad SMARTS) is 1. The van der Waals surface area contributed by atoms with E-state index in [1.165, 1.54) is 42.7 Å². The van der Waals surface area contributed by atoms with E-state index in [9.17, 15) is 51.6 Å². The summed E-state index contributed by atoms with van der Waals surface area (Å²) in [6, 6.07) is 11.9. The SMILES string of the molecule is O=C(O)C[C@@H]1NC(=O)CNC(=O)[C@H](CCCNC2=NCCN2)NC(=O)[C@H](CCCCNC(=O)c2ccc(N/N=C/c3ccccc3S(=O)(=O)O)nc2)NC(=O)[C@@H](Cc2ccccc2)NC1=O. The van der Waals surface area contributed by atoms with Crippen LogP contribution in [0.4, 0.5) is 5.82 Å². The zero-order valence-corrected chi connectivity index (χ0v) is 36.4. The first kappa shape index (κ1) is 49.5. The molecule has 1 aromatic heterocycles. The summed E-state index contributed by atoms with van der Waals surface area (Å²) in [4.78, 5) is 101. The van der Waals surface area contributed by atoms with Crippen molar-refractivity contribution in [2.45, 2.75) is 74.0 Å². The molecule has 0 saturated carbocycles. The van der Waals surface area contributed by atoms with Gasteiger partial charge in [-0.1, -0.05) is 48.5 Å². The summed E-state index contributed by atoms with van der Waals surface area (Å²) >= 11 is 0. The highest BCUT2D eigenvalue weighted by atomic mass is 32.2. The number of hydrazone groups is 1. The number of anilines is 1. The summed E-state index contributed by atoms with van der Waals surface area (Å²) in [7, 11) is -4.48. The standard InChI is InChI=1S/C42H52N12O11S/c55-35-25-48-38(59)29(13-8-18-44-42-45-19-20-46-42)51-39(60)30(52-40(61)31(21-26-9-2-1-3-10-26)53-41(62)32(50-35)22-36(56)57)12-6-7-17-43-37(58)28-15-16-34(47-23-28)54-49-24-27-11-4-5-14-33(27)66(63,64)65/h1-5,9-11,14-16,23-24,29-32H,6-8,12-13,17-22,25H2,(H,43,58)(H,47,54)(H,48,59)(H,50,55)(H,51,60)(H,52,61)(H,53,62)(H,56,57)(H2,44,45,46)(H,63,64,65)/b49-24+/t29-,30-,31+,32-/m0/s1. The van der Waals surface area contributed by atoms with Gasteiger partial charge in [0.05, 0.1) is 31.3 Å². The van der Waals surface area contributed by atoms with Gasteiger partial charge in [-0.25, -0.2) is 4.98 Å². The van der Waals surface area contributed by atoms with E-state index in [1.54, 1.807) is 36.4 Å². The molecule has 24 heteroatoms. The molecule has 1 saturated heterocycles. The lowest BCUT2D eigenvalue weighted by molar-refractivity contribution is -0.141. The first-order chi connectivity index (χ1) is 31.7. The third-order valence-electron chi connectivity index (χ3n) is 10.1. The number of carbonyl (C=O) groups excluding carboxylic acids is 6. The third-order valence-corrected chi connectivity index (χ3v) is 11.0. The van der Waals surface area contributed by atoms with Crippen LogP contribution in [0.3, 0.4) is 0 Å². The Morgan fingerprint density at radius 1 is 0.773 bits per heavy atom. The Hall–Kier alpha value is -7.47. The summed E-state index contributed by atoms with van der Waals surface area (Å²) in [5.41, 5.74) is 3.58. The number of aliphatic imine (C=N–C) groups is 1. The van der Waals surface area contributed by atoms with E-state index in [0.717, 1.165) is 0 Å². The van der Waals surface area contributed by atoms with E-state index in [2.05, 4.69) is 63.0 Å². The van der Waals surface area contributed by atoms with Gasteiger partial charge in [0.25, 0.3) is 16.0 Å². The normalized spacial score (nSPS) is 19.7. The van der Waals surface area contributed by atoms with Crippen molar-refractivity contribution in [1.82, 2.24) is 47.5 Å². The van der Waals surface area contributed by atoms with Gasteiger partial charge in [0.2, 0.25) is 29.5 Å². The van der Waals surface area contributed by atoms with Crippen LogP contribution in [0.2, 0.25) is 0 Å². The molecule has 6 amide bonds. The van der Waals surface area contributed by atoms with Crippen LogP contribution < -0.4 is 48.0 Å².